The van der Waals surface area contributed by atoms with Crippen molar-refractivity contribution in [2.45, 2.75) is 32.1 Å². The van der Waals surface area contributed by atoms with E-state index in [1.165, 1.54) is 12.8 Å². The molecular weight excluding hydrogens is 349 g/mol. The molecule has 19 heavy (non-hydrogen) atoms. The molecular formula is C16H20INO. The average Bonchev–Trinajstić information content (AvgIpc) is 2.91. The van der Waals surface area contributed by atoms with Crippen molar-refractivity contribution in [2.75, 3.05) is 11.9 Å². The van der Waals surface area contributed by atoms with Gasteiger partial charge in [-0.05, 0) is 66.3 Å². The monoisotopic (exact) mass is 369 g/mol. The fourth-order valence-corrected chi connectivity index (χ4v) is 3.23. The number of anilines is 1. The molecule has 0 aliphatic heterocycles. The minimum atomic E-state index is 0.214. The number of halogens is 1. The highest BCUT2D eigenvalue weighted by Crippen LogP contribution is 2.24. The zero-order valence-electron chi connectivity index (χ0n) is 11.3. The van der Waals surface area contributed by atoms with Crippen LogP contribution in [0.25, 0.3) is 0 Å². The molecule has 1 amide bonds. The van der Waals surface area contributed by atoms with Gasteiger partial charge in [0.1, 0.15) is 0 Å². The van der Waals surface area contributed by atoms with Crippen molar-refractivity contribution >= 4 is 34.2 Å². The van der Waals surface area contributed by atoms with Crippen molar-refractivity contribution in [2.24, 2.45) is 5.92 Å². The third-order valence-electron chi connectivity index (χ3n) is 3.67. The van der Waals surface area contributed by atoms with E-state index in [2.05, 4.69) is 34.7 Å². The van der Waals surface area contributed by atoms with E-state index in [0.717, 1.165) is 22.1 Å². The first-order chi connectivity index (χ1) is 9.18. The third kappa shape index (κ3) is 4.06. The molecule has 3 heteroatoms. The molecule has 2 nitrogen and oxygen atoms in total. The van der Waals surface area contributed by atoms with Gasteiger partial charge < -0.3 is 4.90 Å². The number of amides is 1. The van der Waals surface area contributed by atoms with Crippen LogP contribution in [-0.2, 0) is 4.79 Å². The van der Waals surface area contributed by atoms with Crippen LogP contribution in [0.2, 0.25) is 0 Å². The highest BCUT2D eigenvalue weighted by atomic mass is 127. The quantitative estimate of drug-likeness (QED) is 0.557. The Hall–Kier alpha value is -0.840. The molecule has 0 bridgehead atoms. The van der Waals surface area contributed by atoms with Crippen LogP contribution in [0, 0.1) is 9.49 Å². The van der Waals surface area contributed by atoms with Crippen LogP contribution < -0.4 is 4.90 Å². The maximum absolute atomic E-state index is 12.2. The number of hydrogen-bond donors (Lipinski definition) is 0. The van der Waals surface area contributed by atoms with E-state index in [-0.39, 0.29) is 5.91 Å². The minimum Gasteiger partial charge on any atom is -0.314 e. The van der Waals surface area contributed by atoms with E-state index in [4.69, 9.17) is 0 Å². The molecule has 0 N–H and O–H groups in total. The fourth-order valence-electron chi connectivity index (χ4n) is 2.48. The van der Waals surface area contributed by atoms with Crippen molar-refractivity contribution in [3.05, 3.63) is 40.0 Å². The average molecular weight is 369 g/mol. The Labute approximate surface area is 129 Å². The minimum absolute atomic E-state index is 0.214. The summed E-state index contributed by atoms with van der Waals surface area (Å²) < 4.78 is 1.12. The van der Waals surface area contributed by atoms with Gasteiger partial charge in [-0.3, -0.25) is 4.79 Å². The first kappa shape index (κ1) is 14.6. The second kappa shape index (κ2) is 7.08. The summed E-state index contributed by atoms with van der Waals surface area (Å²) in [5.74, 6) is 0.918. The first-order valence-corrected chi connectivity index (χ1v) is 7.94. The molecule has 2 rings (SSSR count). The summed E-state index contributed by atoms with van der Waals surface area (Å²) in [6, 6.07) is 8.00. The Morgan fingerprint density at radius 2 is 2.21 bits per heavy atom. The molecule has 0 saturated carbocycles. The van der Waals surface area contributed by atoms with Crippen LogP contribution in [0.3, 0.4) is 0 Å². The largest absolute Gasteiger partial charge is 0.314 e. The molecule has 0 radical (unpaired) electrons. The Balaban J connectivity index is 1.82. The Morgan fingerprint density at radius 3 is 2.89 bits per heavy atom. The number of allylic oxidation sites excluding steroid dienone is 2. The number of rotatable bonds is 5. The Kier molecular flexibility index (Phi) is 5.43. The molecule has 0 aromatic heterocycles. The molecule has 0 spiro atoms. The number of nitrogens with zero attached hydrogens (tertiary/aromatic N) is 1. The molecule has 1 aromatic carbocycles. The summed E-state index contributed by atoms with van der Waals surface area (Å²) in [7, 11) is 1.87. The number of para-hydroxylation sites is 1. The lowest BCUT2D eigenvalue weighted by Crippen LogP contribution is -2.26. The predicted octanol–water partition coefficient (Wildman–Crippen LogP) is 4.39. The Bertz CT molecular complexity index is 470. The van der Waals surface area contributed by atoms with Crippen molar-refractivity contribution in [1.29, 1.82) is 0 Å². The van der Waals surface area contributed by atoms with Crippen LogP contribution in [-0.4, -0.2) is 13.0 Å². The SMILES string of the molecule is CN(C(=O)CCCC1C=CCC1)c1ccccc1I. The molecule has 102 valence electrons. The van der Waals surface area contributed by atoms with Gasteiger partial charge in [-0.25, -0.2) is 0 Å². The lowest BCUT2D eigenvalue weighted by atomic mass is 10.0. The number of carbonyl (C=O) groups excluding carboxylic acids is 1. The highest BCUT2D eigenvalue weighted by molar-refractivity contribution is 14.1. The van der Waals surface area contributed by atoms with Gasteiger partial charge in [0.25, 0.3) is 0 Å². The van der Waals surface area contributed by atoms with Gasteiger partial charge in [0.05, 0.1) is 5.69 Å². The normalized spacial score (nSPS) is 17.7. The third-order valence-corrected chi connectivity index (χ3v) is 4.58. The lowest BCUT2D eigenvalue weighted by molar-refractivity contribution is -0.118. The molecule has 0 fully saturated rings. The number of carbonyl (C=O) groups is 1. The first-order valence-electron chi connectivity index (χ1n) is 6.86. The van der Waals surface area contributed by atoms with Crippen molar-refractivity contribution in [3.8, 4) is 0 Å². The summed E-state index contributed by atoms with van der Waals surface area (Å²) >= 11 is 2.27. The summed E-state index contributed by atoms with van der Waals surface area (Å²) in [5, 5.41) is 0. The van der Waals surface area contributed by atoms with E-state index in [0.29, 0.717) is 12.3 Å². The molecule has 1 aliphatic rings. The summed E-state index contributed by atoms with van der Waals surface area (Å²) in [5.41, 5.74) is 1.01. The van der Waals surface area contributed by atoms with Crippen LogP contribution in [0.15, 0.2) is 36.4 Å². The van der Waals surface area contributed by atoms with Gasteiger partial charge in [-0.2, -0.15) is 0 Å². The van der Waals surface area contributed by atoms with Crippen molar-refractivity contribution in [1.82, 2.24) is 0 Å². The van der Waals surface area contributed by atoms with E-state index in [1.54, 1.807) is 4.90 Å². The zero-order chi connectivity index (χ0) is 13.7. The van der Waals surface area contributed by atoms with Crippen LogP contribution in [0.5, 0.6) is 0 Å². The molecule has 1 aliphatic carbocycles. The highest BCUT2D eigenvalue weighted by Gasteiger charge is 2.14. The van der Waals surface area contributed by atoms with Crippen LogP contribution in [0.4, 0.5) is 5.69 Å². The van der Waals surface area contributed by atoms with Gasteiger partial charge in [0.2, 0.25) is 5.91 Å². The lowest BCUT2D eigenvalue weighted by Gasteiger charge is -2.19. The van der Waals surface area contributed by atoms with Gasteiger partial charge in [-0.15, -0.1) is 0 Å². The van der Waals surface area contributed by atoms with E-state index in [9.17, 15) is 4.79 Å². The number of hydrogen-bond acceptors (Lipinski definition) is 1. The Morgan fingerprint density at radius 1 is 1.42 bits per heavy atom. The molecule has 1 aromatic rings. The molecule has 0 saturated heterocycles. The smallest absolute Gasteiger partial charge is 0.226 e. The predicted molar refractivity (Wildman–Crippen MR) is 88.3 cm³/mol. The van der Waals surface area contributed by atoms with Gasteiger partial charge in [0.15, 0.2) is 0 Å². The van der Waals surface area contributed by atoms with Gasteiger partial charge in [-0.1, -0.05) is 24.3 Å². The fraction of sp³-hybridized carbons (Fsp3) is 0.438. The van der Waals surface area contributed by atoms with E-state index in [1.807, 2.05) is 31.3 Å². The maximum Gasteiger partial charge on any atom is 0.226 e. The molecule has 1 atom stereocenters. The van der Waals surface area contributed by atoms with E-state index >= 15 is 0 Å². The maximum atomic E-state index is 12.2. The van der Waals surface area contributed by atoms with Gasteiger partial charge >= 0.3 is 0 Å². The summed E-state index contributed by atoms with van der Waals surface area (Å²) in [6.07, 6.45) is 9.80. The van der Waals surface area contributed by atoms with Crippen LogP contribution >= 0.6 is 22.6 Å². The number of benzene rings is 1. The molecule has 0 heterocycles. The molecule has 1 unspecified atom stereocenters. The zero-order valence-corrected chi connectivity index (χ0v) is 13.5. The second-order valence-electron chi connectivity index (χ2n) is 5.06. The standard InChI is InChI=1S/C16H20INO/c1-18(15-11-5-4-10-14(15)17)16(19)12-6-9-13-7-2-3-8-13/h2,4-5,7,10-11,13H,3,6,8-9,12H2,1H3. The summed E-state index contributed by atoms with van der Waals surface area (Å²) in [4.78, 5) is 14.0. The van der Waals surface area contributed by atoms with Gasteiger partial charge in [0, 0.05) is 17.0 Å². The summed E-state index contributed by atoms with van der Waals surface area (Å²) in [6.45, 7) is 0. The topological polar surface area (TPSA) is 20.3 Å². The van der Waals surface area contributed by atoms with Crippen molar-refractivity contribution < 1.29 is 4.79 Å². The van der Waals surface area contributed by atoms with Crippen LogP contribution in [0.1, 0.15) is 32.1 Å². The van der Waals surface area contributed by atoms with E-state index < -0.39 is 0 Å². The van der Waals surface area contributed by atoms with Crippen molar-refractivity contribution in [3.63, 3.8) is 0 Å². The second-order valence-corrected chi connectivity index (χ2v) is 6.22.